The van der Waals surface area contributed by atoms with Gasteiger partial charge in [0.1, 0.15) is 30.0 Å². The number of nitrogens with one attached hydrogen (secondary N) is 2. The van der Waals surface area contributed by atoms with Crippen molar-refractivity contribution in [2.24, 2.45) is 5.92 Å². The normalized spacial score (nSPS) is 15.4. The molecule has 1 aliphatic rings. The van der Waals surface area contributed by atoms with Gasteiger partial charge >= 0.3 is 6.09 Å². The highest BCUT2D eigenvalue weighted by Gasteiger charge is 2.25. The fraction of sp³-hybridized carbons (Fsp3) is 0.409. The van der Waals surface area contributed by atoms with Crippen LogP contribution in [0.4, 0.5) is 10.6 Å². The fourth-order valence-electron chi connectivity index (χ4n) is 3.55. The second-order valence-electron chi connectivity index (χ2n) is 7.84. The van der Waals surface area contributed by atoms with E-state index < -0.39 is 6.09 Å². The van der Waals surface area contributed by atoms with Crippen molar-refractivity contribution in [1.82, 2.24) is 10.3 Å². The summed E-state index contributed by atoms with van der Waals surface area (Å²) in [6.07, 6.45) is 1.13. The average molecular weight is 413 g/mol. The van der Waals surface area contributed by atoms with Crippen LogP contribution < -0.4 is 20.1 Å². The molecule has 30 heavy (non-hydrogen) atoms. The molecule has 8 nitrogen and oxygen atoms in total. The van der Waals surface area contributed by atoms with Crippen LogP contribution in [-0.4, -0.2) is 34.7 Å². The largest absolute Gasteiger partial charge is 0.491 e. The third kappa shape index (κ3) is 5.20. The van der Waals surface area contributed by atoms with Gasteiger partial charge in [-0.15, -0.1) is 0 Å². The van der Waals surface area contributed by atoms with Gasteiger partial charge in [-0.25, -0.2) is 9.78 Å². The molecule has 1 aromatic carbocycles. The van der Waals surface area contributed by atoms with Crippen molar-refractivity contribution in [3.63, 3.8) is 0 Å². The highest BCUT2D eigenvalue weighted by Crippen LogP contribution is 2.44. The van der Waals surface area contributed by atoms with Crippen molar-refractivity contribution >= 4 is 17.8 Å². The van der Waals surface area contributed by atoms with Crippen molar-refractivity contribution in [2.45, 2.75) is 46.3 Å². The Hall–Kier alpha value is -3.29. The molecule has 0 aliphatic carbocycles. The highest BCUT2D eigenvalue weighted by atomic mass is 16.5. The van der Waals surface area contributed by atoms with E-state index in [-0.39, 0.29) is 24.7 Å². The Balaban J connectivity index is 1.81. The molecule has 1 aromatic heterocycles. The molecule has 0 saturated heterocycles. The lowest BCUT2D eigenvalue weighted by molar-refractivity contribution is -0.114. The molecule has 8 heteroatoms. The number of carbonyl (C=O) groups excluding carboxylic acids is 1. The Labute approximate surface area is 175 Å². The summed E-state index contributed by atoms with van der Waals surface area (Å²) >= 11 is 0. The summed E-state index contributed by atoms with van der Waals surface area (Å²) in [6, 6.07) is 7.07. The first-order valence-corrected chi connectivity index (χ1v) is 9.93. The number of pyridine rings is 1. The number of hydrogen-bond donors (Lipinski definition) is 3. The average Bonchev–Trinajstić information content (AvgIpc) is 2.64. The summed E-state index contributed by atoms with van der Waals surface area (Å²) in [6.45, 7) is 7.67. The maximum absolute atomic E-state index is 11.4. The molecule has 2 heterocycles. The first-order chi connectivity index (χ1) is 14.2. The van der Waals surface area contributed by atoms with Gasteiger partial charge in [0.05, 0.1) is 6.04 Å². The van der Waals surface area contributed by atoms with Crippen LogP contribution in [-0.2, 0) is 4.79 Å². The second-order valence-corrected chi connectivity index (χ2v) is 7.84. The lowest BCUT2D eigenvalue weighted by Gasteiger charge is -2.27. The molecule has 160 valence electrons. The van der Waals surface area contributed by atoms with E-state index in [9.17, 15) is 9.59 Å². The summed E-state index contributed by atoms with van der Waals surface area (Å²) in [5.74, 6) is 1.90. The molecule has 2 atom stereocenters. The van der Waals surface area contributed by atoms with E-state index in [2.05, 4.69) is 15.6 Å². The Kier molecular flexibility index (Phi) is 6.44. The maximum Gasteiger partial charge on any atom is 0.404 e. The number of carboxylic acid groups (broad SMARTS) is 1. The van der Waals surface area contributed by atoms with Gasteiger partial charge < -0.3 is 25.2 Å². The Bertz CT molecular complexity index is 944. The minimum Gasteiger partial charge on any atom is -0.491 e. The number of nitrogens with zero attached hydrogens (tertiary/aromatic N) is 1. The van der Waals surface area contributed by atoms with Crippen molar-refractivity contribution in [2.75, 3.05) is 11.9 Å². The van der Waals surface area contributed by atoms with E-state index in [1.807, 2.05) is 39.0 Å². The van der Waals surface area contributed by atoms with Crippen molar-refractivity contribution < 1.29 is 24.2 Å². The third-order valence-corrected chi connectivity index (χ3v) is 4.76. The molecule has 2 amide bonds. The Morgan fingerprint density at radius 1 is 1.27 bits per heavy atom. The molecule has 0 saturated carbocycles. The molecule has 0 spiro atoms. The SMILES string of the molecule is CC(=O)Nc1cc2c(cn1)C(C)Oc1cc(OC[C@H](CC(C)C)NC(=O)O)ccc1-2. The lowest BCUT2D eigenvalue weighted by atomic mass is 9.95. The molecule has 0 radical (unpaired) electrons. The maximum atomic E-state index is 11.4. The van der Waals surface area contributed by atoms with Crippen LogP contribution in [0.2, 0.25) is 0 Å². The molecule has 2 aromatic rings. The number of rotatable bonds is 7. The van der Waals surface area contributed by atoms with Crippen LogP contribution in [0.5, 0.6) is 11.5 Å². The molecular formula is C22H27N3O5. The lowest BCUT2D eigenvalue weighted by Crippen LogP contribution is -2.39. The molecule has 3 N–H and O–H groups in total. The third-order valence-electron chi connectivity index (χ3n) is 4.76. The molecule has 0 bridgehead atoms. The predicted octanol–water partition coefficient (Wildman–Crippen LogP) is 4.22. The van der Waals surface area contributed by atoms with Gasteiger partial charge in [-0.2, -0.15) is 0 Å². The van der Waals surface area contributed by atoms with Crippen molar-refractivity contribution in [3.8, 4) is 22.6 Å². The fourth-order valence-corrected chi connectivity index (χ4v) is 3.55. The van der Waals surface area contributed by atoms with Gasteiger partial charge in [0.15, 0.2) is 0 Å². The monoisotopic (exact) mass is 413 g/mol. The number of fused-ring (bicyclic) bond motifs is 3. The standard InChI is InChI=1S/C22H27N3O5/c1-12(2)7-15(25-22(27)28)11-29-16-5-6-17-18-9-21(24-14(4)26)23-10-19(18)13(3)30-20(17)8-16/h5-6,8-10,12-13,15,25H,7,11H2,1-4H3,(H,27,28)(H,23,24,26)/t13?,15-/m0/s1. The topological polar surface area (TPSA) is 110 Å². The van der Waals surface area contributed by atoms with Crippen LogP contribution in [0.1, 0.15) is 45.8 Å². The number of anilines is 1. The Morgan fingerprint density at radius 2 is 2.03 bits per heavy atom. The number of aromatic nitrogens is 1. The van der Waals surface area contributed by atoms with Gasteiger partial charge in [0.25, 0.3) is 0 Å². The van der Waals surface area contributed by atoms with E-state index >= 15 is 0 Å². The van der Waals surface area contributed by atoms with E-state index in [0.717, 1.165) is 16.7 Å². The summed E-state index contributed by atoms with van der Waals surface area (Å²) in [5, 5.41) is 14.2. The van der Waals surface area contributed by atoms with E-state index in [4.69, 9.17) is 14.6 Å². The van der Waals surface area contributed by atoms with E-state index in [0.29, 0.717) is 29.7 Å². The van der Waals surface area contributed by atoms with Gasteiger partial charge in [-0.05, 0) is 43.0 Å². The van der Waals surface area contributed by atoms with Gasteiger partial charge in [-0.3, -0.25) is 4.79 Å². The molecule has 1 unspecified atom stereocenters. The van der Waals surface area contributed by atoms with Crippen LogP contribution in [0.3, 0.4) is 0 Å². The first-order valence-electron chi connectivity index (χ1n) is 9.93. The van der Waals surface area contributed by atoms with Crippen LogP contribution in [0, 0.1) is 5.92 Å². The summed E-state index contributed by atoms with van der Waals surface area (Å²) < 4.78 is 11.9. The van der Waals surface area contributed by atoms with Crippen molar-refractivity contribution in [3.05, 3.63) is 36.0 Å². The van der Waals surface area contributed by atoms with Gasteiger partial charge in [0, 0.05) is 30.3 Å². The van der Waals surface area contributed by atoms with E-state index in [1.165, 1.54) is 6.92 Å². The molecule has 0 fully saturated rings. The Morgan fingerprint density at radius 3 is 2.70 bits per heavy atom. The number of amides is 2. The van der Waals surface area contributed by atoms with Crippen LogP contribution in [0.15, 0.2) is 30.5 Å². The first kappa shape index (κ1) is 21.4. The van der Waals surface area contributed by atoms with Crippen LogP contribution in [0.25, 0.3) is 11.1 Å². The van der Waals surface area contributed by atoms with Crippen molar-refractivity contribution in [1.29, 1.82) is 0 Å². The highest BCUT2D eigenvalue weighted by molar-refractivity contribution is 5.89. The number of benzene rings is 1. The van der Waals surface area contributed by atoms with Gasteiger partial charge in [0.2, 0.25) is 5.91 Å². The zero-order chi connectivity index (χ0) is 21.8. The predicted molar refractivity (Wildman–Crippen MR) is 113 cm³/mol. The number of carbonyl (C=O) groups is 2. The number of hydrogen-bond acceptors (Lipinski definition) is 5. The summed E-state index contributed by atoms with van der Waals surface area (Å²) in [7, 11) is 0. The molecule has 1 aliphatic heterocycles. The molecular weight excluding hydrogens is 386 g/mol. The minimum absolute atomic E-state index is 0.183. The number of ether oxygens (including phenoxy) is 2. The quantitative estimate of drug-likeness (QED) is 0.627. The van der Waals surface area contributed by atoms with Crippen LogP contribution >= 0.6 is 0 Å². The minimum atomic E-state index is -1.06. The summed E-state index contributed by atoms with van der Waals surface area (Å²) in [5.41, 5.74) is 2.76. The second kappa shape index (κ2) is 9.02. The van der Waals surface area contributed by atoms with Gasteiger partial charge in [-0.1, -0.05) is 13.8 Å². The zero-order valence-electron chi connectivity index (χ0n) is 17.6. The van der Waals surface area contributed by atoms with E-state index in [1.54, 1.807) is 12.3 Å². The zero-order valence-corrected chi connectivity index (χ0v) is 17.6. The smallest absolute Gasteiger partial charge is 0.404 e. The summed E-state index contributed by atoms with van der Waals surface area (Å²) in [4.78, 5) is 26.7. The molecule has 3 rings (SSSR count).